The Morgan fingerprint density at radius 3 is 2.67 bits per heavy atom. The number of aromatic nitrogens is 2. The zero-order valence-corrected chi connectivity index (χ0v) is 17.6. The van der Waals surface area contributed by atoms with Gasteiger partial charge < -0.3 is 9.47 Å². The standard InChI is InChI=1S/C21H17N3O4S2/c1-27-12-11-24-20(26)16(30-21(24)29)13-15-18(28-14-7-3-2-4-8-14)22-17-9-5-6-10-23(17)19(15)25/h2-10,13H,11-12H2,1H3. The second kappa shape index (κ2) is 8.78. The molecule has 1 fully saturated rings. The van der Waals surface area contributed by atoms with Crippen LogP contribution in [0.15, 0.2) is 64.4 Å². The molecular formula is C21H17N3O4S2. The van der Waals surface area contributed by atoms with Crippen molar-refractivity contribution < 1.29 is 14.3 Å². The summed E-state index contributed by atoms with van der Waals surface area (Å²) in [7, 11) is 1.56. The first-order valence-electron chi connectivity index (χ1n) is 9.07. The molecule has 0 N–H and O–H groups in total. The van der Waals surface area contributed by atoms with Crippen molar-refractivity contribution >= 4 is 45.9 Å². The largest absolute Gasteiger partial charge is 0.438 e. The fourth-order valence-electron chi connectivity index (χ4n) is 2.89. The van der Waals surface area contributed by atoms with Crippen LogP contribution >= 0.6 is 24.0 Å². The molecule has 0 saturated carbocycles. The molecule has 0 aliphatic carbocycles. The van der Waals surface area contributed by atoms with Crippen LogP contribution < -0.4 is 10.3 Å². The van der Waals surface area contributed by atoms with E-state index in [-0.39, 0.29) is 22.9 Å². The number of amides is 1. The van der Waals surface area contributed by atoms with Crippen LogP contribution in [0.5, 0.6) is 11.6 Å². The molecule has 0 unspecified atom stereocenters. The zero-order chi connectivity index (χ0) is 21.1. The molecule has 30 heavy (non-hydrogen) atoms. The van der Waals surface area contributed by atoms with Gasteiger partial charge in [-0.2, -0.15) is 4.98 Å². The third-order valence-corrected chi connectivity index (χ3v) is 5.74. The van der Waals surface area contributed by atoms with Crippen LogP contribution in [0.4, 0.5) is 0 Å². The minimum atomic E-state index is -0.339. The van der Waals surface area contributed by atoms with E-state index >= 15 is 0 Å². The van der Waals surface area contributed by atoms with E-state index in [2.05, 4.69) is 4.98 Å². The van der Waals surface area contributed by atoms with Gasteiger partial charge in [-0.25, -0.2) is 0 Å². The lowest BCUT2D eigenvalue weighted by Crippen LogP contribution is -2.31. The summed E-state index contributed by atoms with van der Waals surface area (Å²) in [5, 5.41) is 0. The molecule has 3 heterocycles. The number of hydrogen-bond donors (Lipinski definition) is 0. The third-order valence-electron chi connectivity index (χ3n) is 4.36. The molecule has 1 aliphatic rings. The lowest BCUT2D eigenvalue weighted by molar-refractivity contribution is -0.122. The molecule has 0 radical (unpaired) electrons. The van der Waals surface area contributed by atoms with Crippen molar-refractivity contribution in [3.8, 4) is 11.6 Å². The molecule has 0 atom stereocenters. The van der Waals surface area contributed by atoms with Gasteiger partial charge in [0.1, 0.15) is 21.3 Å². The normalized spacial score (nSPS) is 15.4. The number of carbonyl (C=O) groups is 1. The number of thiocarbonyl (C=S) groups is 1. The zero-order valence-electron chi connectivity index (χ0n) is 16.0. The van der Waals surface area contributed by atoms with Crippen LogP contribution in [0, 0.1) is 0 Å². The number of hydrogen-bond acceptors (Lipinski definition) is 7. The Kier molecular flexibility index (Phi) is 5.93. The Labute approximate surface area is 181 Å². The minimum Gasteiger partial charge on any atom is -0.438 e. The third kappa shape index (κ3) is 4.00. The summed E-state index contributed by atoms with van der Waals surface area (Å²) >= 11 is 6.45. The van der Waals surface area contributed by atoms with Crippen molar-refractivity contribution in [3.63, 3.8) is 0 Å². The van der Waals surface area contributed by atoms with Gasteiger partial charge in [-0.3, -0.25) is 18.9 Å². The van der Waals surface area contributed by atoms with E-state index in [0.29, 0.717) is 33.8 Å². The highest BCUT2D eigenvalue weighted by atomic mass is 32.2. The predicted octanol–water partition coefficient (Wildman–Crippen LogP) is 3.33. The van der Waals surface area contributed by atoms with Gasteiger partial charge in [-0.15, -0.1) is 0 Å². The highest BCUT2D eigenvalue weighted by molar-refractivity contribution is 8.26. The SMILES string of the molecule is COCCN1C(=O)C(=Cc2c(Oc3ccccc3)nc3ccccn3c2=O)SC1=S. The molecule has 0 spiro atoms. The van der Waals surface area contributed by atoms with E-state index in [1.165, 1.54) is 15.4 Å². The van der Waals surface area contributed by atoms with Crippen LogP contribution in [0.2, 0.25) is 0 Å². The van der Waals surface area contributed by atoms with E-state index in [0.717, 1.165) is 11.8 Å². The Balaban J connectivity index is 1.81. The smallest absolute Gasteiger partial charge is 0.269 e. The highest BCUT2D eigenvalue weighted by Crippen LogP contribution is 2.33. The molecule has 152 valence electrons. The maximum Gasteiger partial charge on any atom is 0.269 e. The van der Waals surface area contributed by atoms with E-state index < -0.39 is 0 Å². The quantitative estimate of drug-likeness (QED) is 0.431. The molecule has 4 rings (SSSR count). The second-order valence-electron chi connectivity index (χ2n) is 6.31. The highest BCUT2D eigenvalue weighted by Gasteiger charge is 2.32. The summed E-state index contributed by atoms with van der Waals surface area (Å²) < 4.78 is 12.8. The van der Waals surface area contributed by atoms with Crippen molar-refractivity contribution in [1.82, 2.24) is 14.3 Å². The average Bonchev–Trinajstić information content (AvgIpc) is 3.02. The number of benzene rings is 1. The van der Waals surface area contributed by atoms with E-state index in [9.17, 15) is 9.59 Å². The van der Waals surface area contributed by atoms with Gasteiger partial charge in [0, 0.05) is 13.3 Å². The summed E-state index contributed by atoms with van der Waals surface area (Å²) in [5.41, 5.74) is 0.279. The van der Waals surface area contributed by atoms with Crippen molar-refractivity contribution in [2.24, 2.45) is 0 Å². The lowest BCUT2D eigenvalue weighted by Gasteiger charge is -2.13. The maximum atomic E-state index is 13.2. The topological polar surface area (TPSA) is 73.1 Å². The molecule has 1 aromatic carbocycles. The number of pyridine rings is 1. The van der Waals surface area contributed by atoms with Crippen LogP contribution in [0.1, 0.15) is 5.56 Å². The number of thioether (sulfide) groups is 1. The van der Waals surface area contributed by atoms with Crippen molar-refractivity contribution in [3.05, 3.63) is 75.6 Å². The molecule has 3 aromatic rings. The number of carbonyl (C=O) groups excluding carboxylic acids is 1. The van der Waals surface area contributed by atoms with E-state index in [4.69, 9.17) is 21.7 Å². The number of fused-ring (bicyclic) bond motifs is 1. The Morgan fingerprint density at radius 1 is 1.13 bits per heavy atom. The van der Waals surface area contributed by atoms with E-state index in [1.807, 2.05) is 18.2 Å². The summed E-state index contributed by atoms with van der Waals surface area (Å²) in [5.74, 6) is 0.386. The Bertz CT molecular complexity index is 1210. The first-order chi connectivity index (χ1) is 14.6. The molecule has 9 heteroatoms. The van der Waals surface area contributed by atoms with Crippen LogP contribution in [-0.2, 0) is 9.53 Å². The molecule has 1 aliphatic heterocycles. The first-order valence-corrected chi connectivity index (χ1v) is 10.3. The molecular weight excluding hydrogens is 422 g/mol. The fraction of sp³-hybridized carbons (Fsp3) is 0.143. The van der Waals surface area contributed by atoms with Gasteiger partial charge in [-0.05, 0) is 30.3 Å². The van der Waals surface area contributed by atoms with Gasteiger partial charge in [0.05, 0.1) is 18.1 Å². The number of methoxy groups -OCH3 is 1. The Hall–Kier alpha value is -3.01. The predicted molar refractivity (Wildman–Crippen MR) is 120 cm³/mol. The van der Waals surface area contributed by atoms with Gasteiger partial charge in [0.15, 0.2) is 0 Å². The molecule has 7 nitrogen and oxygen atoms in total. The van der Waals surface area contributed by atoms with Crippen molar-refractivity contribution in [1.29, 1.82) is 0 Å². The lowest BCUT2D eigenvalue weighted by atomic mass is 10.2. The van der Waals surface area contributed by atoms with E-state index in [1.54, 1.807) is 43.6 Å². The summed E-state index contributed by atoms with van der Waals surface area (Å²) in [6, 6.07) is 14.3. The molecule has 1 amide bonds. The monoisotopic (exact) mass is 439 g/mol. The second-order valence-corrected chi connectivity index (χ2v) is 7.98. The average molecular weight is 440 g/mol. The fourth-order valence-corrected chi connectivity index (χ4v) is 4.18. The minimum absolute atomic E-state index is 0.125. The van der Waals surface area contributed by atoms with Crippen LogP contribution in [0.3, 0.4) is 0 Å². The first kappa shape index (κ1) is 20.3. The summed E-state index contributed by atoms with van der Waals surface area (Å²) in [6.45, 7) is 0.711. The van der Waals surface area contributed by atoms with Crippen LogP contribution in [-0.4, -0.2) is 44.8 Å². The maximum absolute atomic E-state index is 13.2. The number of ether oxygens (including phenoxy) is 2. The van der Waals surface area contributed by atoms with Gasteiger partial charge in [0.25, 0.3) is 11.5 Å². The number of para-hydroxylation sites is 1. The van der Waals surface area contributed by atoms with Gasteiger partial charge >= 0.3 is 0 Å². The number of nitrogens with zero attached hydrogens (tertiary/aromatic N) is 3. The molecule has 2 aromatic heterocycles. The summed E-state index contributed by atoms with van der Waals surface area (Å²) in [4.78, 5) is 32.3. The molecule has 1 saturated heterocycles. The Morgan fingerprint density at radius 2 is 1.90 bits per heavy atom. The van der Waals surface area contributed by atoms with Crippen LogP contribution in [0.25, 0.3) is 11.7 Å². The summed E-state index contributed by atoms with van der Waals surface area (Å²) in [6.07, 6.45) is 3.12. The number of rotatable bonds is 6. The van der Waals surface area contributed by atoms with Gasteiger partial charge in [0.2, 0.25) is 5.88 Å². The van der Waals surface area contributed by atoms with Gasteiger partial charge in [-0.1, -0.05) is 48.2 Å². The van der Waals surface area contributed by atoms with Crippen molar-refractivity contribution in [2.75, 3.05) is 20.3 Å². The molecule has 0 bridgehead atoms. The van der Waals surface area contributed by atoms with Crippen molar-refractivity contribution in [2.45, 2.75) is 0 Å².